The first-order valence-electron chi connectivity index (χ1n) is 5.00. The lowest BCUT2D eigenvalue weighted by molar-refractivity contribution is 0.102. The molecular weight excluding hydrogens is 252 g/mol. The first kappa shape index (κ1) is 12.0. The topological polar surface area (TPSA) is 78.7 Å². The summed E-state index contributed by atoms with van der Waals surface area (Å²) in [6.07, 6.45) is 0. The van der Waals surface area contributed by atoms with E-state index in [4.69, 9.17) is 16.9 Å². The van der Waals surface area contributed by atoms with Gasteiger partial charge in [0.1, 0.15) is 6.07 Å². The van der Waals surface area contributed by atoms with E-state index in [-0.39, 0.29) is 10.8 Å². The Morgan fingerprint density at radius 3 is 2.67 bits per heavy atom. The molecule has 0 saturated carbocycles. The molecule has 1 amide bonds. The van der Waals surface area contributed by atoms with E-state index in [2.05, 4.69) is 15.5 Å². The highest BCUT2D eigenvalue weighted by Crippen LogP contribution is 2.14. The molecule has 0 aliphatic heterocycles. The second-order valence-corrected chi connectivity index (χ2v) is 3.74. The van der Waals surface area contributed by atoms with Gasteiger partial charge in [-0.2, -0.15) is 5.26 Å². The highest BCUT2D eigenvalue weighted by molar-refractivity contribution is 6.29. The molecule has 0 spiro atoms. The first-order chi connectivity index (χ1) is 8.70. The molecule has 2 aromatic rings. The number of hydrogen-bond donors (Lipinski definition) is 1. The number of aromatic nitrogens is 2. The van der Waals surface area contributed by atoms with Crippen molar-refractivity contribution in [3.05, 3.63) is 52.8 Å². The molecule has 88 valence electrons. The Morgan fingerprint density at radius 2 is 2.00 bits per heavy atom. The minimum Gasteiger partial charge on any atom is -0.319 e. The predicted molar refractivity (Wildman–Crippen MR) is 66.2 cm³/mol. The third kappa shape index (κ3) is 2.62. The molecule has 5 nitrogen and oxygen atoms in total. The van der Waals surface area contributed by atoms with Crippen molar-refractivity contribution in [2.45, 2.75) is 0 Å². The SMILES string of the molecule is N#Cc1ccccc1NC(=O)c1ccc(Cl)nn1. The van der Waals surface area contributed by atoms with E-state index < -0.39 is 5.91 Å². The number of nitrogens with zero attached hydrogens (tertiary/aromatic N) is 3. The molecule has 0 aliphatic carbocycles. The summed E-state index contributed by atoms with van der Waals surface area (Å²) < 4.78 is 0. The van der Waals surface area contributed by atoms with Gasteiger partial charge in [-0.25, -0.2) is 0 Å². The van der Waals surface area contributed by atoms with Crippen molar-refractivity contribution in [1.29, 1.82) is 5.26 Å². The molecule has 2 rings (SSSR count). The Kier molecular flexibility index (Phi) is 3.51. The number of benzene rings is 1. The molecule has 1 N–H and O–H groups in total. The number of para-hydroxylation sites is 1. The monoisotopic (exact) mass is 258 g/mol. The van der Waals surface area contributed by atoms with Crippen LogP contribution in [0.3, 0.4) is 0 Å². The van der Waals surface area contributed by atoms with Crippen molar-refractivity contribution < 1.29 is 4.79 Å². The fourth-order valence-corrected chi connectivity index (χ4v) is 1.41. The van der Waals surface area contributed by atoms with Crippen LogP contribution in [0.4, 0.5) is 5.69 Å². The molecule has 1 heterocycles. The zero-order valence-electron chi connectivity index (χ0n) is 9.09. The summed E-state index contributed by atoms with van der Waals surface area (Å²) >= 11 is 5.58. The Bertz CT molecular complexity index is 619. The number of rotatable bonds is 2. The Balaban J connectivity index is 2.22. The quantitative estimate of drug-likeness (QED) is 0.896. The fourth-order valence-electron chi connectivity index (χ4n) is 1.31. The average Bonchev–Trinajstić information content (AvgIpc) is 2.40. The smallest absolute Gasteiger partial charge is 0.276 e. The average molecular weight is 259 g/mol. The van der Waals surface area contributed by atoms with Crippen molar-refractivity contribution in [3.8, 4) is 6.07 Å². The van der Waals surface area contributed by atoms with Gasteiger partial charge < -0.3 is 5.32 Å². The summed E-state index contributed by atoms with van der Waals surface area (Å²) in [6, 6.07) is 11.6. The van der Waals surface area contributed by atoms with E-state index in [1.165, 1.54) is 12.1 Å². The van der Waals surface area contributed by atoms with Crippen molar-refractivity contribution in [2.75, 3.05) is 5.32 Å². The van der Waals surface area contributed by atoms with E-state index in [1.54, 1.807) is 24.3 Å². The number of nitrogens with one attached hydrogen (secondary N) is 1. The van der Waals surface area contributed by atoms with Crippen molar-refractivity contribution in [3.63, 3.8) is 0 Å². The van der Waals surface area contributed by atoms with Crippen LogP contribution in [0, 0.1) is 11.3 Å². The van der Waals surface area contributed by atoms with Crippen LogP contribution in [0.1, 0.15) is 16.1 Å². The Hall–Kier alpha value is -2.45. The normalized spacial score (nSPS) is 9.56. The molecule has 18 heavy (non-hydrogen) atoms. The van der Waals surface area contributed by atoms with Gasteiger partial charge in [0.25, 0.3) is 5.91 Å². The predicted octanol–water partition coefficient (Wildman–Crippen LogP) is 2.25. The van der Waals surface area contributed by atoms with Gasteiger partial charge in [-0.05, 0) is 24.3 Å². The number of anilines is 1. The lowest BCUT2D eigenvalue weighted by atomic mass is 10.2. The zero-order valence-corrected chi connectivity index (χ0v) is 9.85. The lowest BCUT2D eigenvalue weighted by Crippen LogP contribution is -2.14. The molecule has 0 aliphatic rings. The number of carbonyl (C=O) groups excluding carboxylic acids is 1. The van der Waals surface area contributed by atoms with Crippen LogP contribution < -0.4 is 5.32 Å². The second-order valence-electron chi connectivity index (χ2n) is 3.35. The van der Waals surface area contributed by atoms with Crippen molar-refractivity contribution >= 4 is 23.2 Å². The standard InChI is InChI=1S/C12H7ClN4O/c13-11-6-5-10(16-17-11)12(18)15-9-4-2-1-3-8(9)7-14/h1-6H,(H,15,18). The van der Waals surface area contributed by atoms with Crippen LogP contribution in [0.25, 0.3) is 0 Å². The third-order valence-electron chi connectivity index (χ3n) is 2.16. The largest absolute Gasteiger partial charge is 0.319 e. The molecule has 0 saturated heterocycles. The summed E-state index contributed by atoms with van der Waals surface area (Å²) in [6.45, 7) is 0. The maximum atomic E-state index is 11.8. The van der Waals surface area contributed by atoms with Crippen LogP contribution in [0.15, 0.2) is 36.4 Å². The van der Waals surface area contributed by atoms with Crippen LogP contribution in [0.5, 0.6) is 0 Å². The van der Waals surface area contributed by atoms with Gasteiger partial charge in [-0.1, -0.05) is 23.7 Å². The van der Waals surface area contributed by atoms with Gasteiger partial charge in [0, 0.05) is 0 Å². The fraction of sp³-hybridized carbons (Fsp3) is 0. The summed E-state index contributed by atoms with van der Waals surface area (Å²) in [5.41, 5.74) is 0.946. The molecule has 1 aromatic heterocycles. The van der Waals surface area contributed by atoms with Crippen LogP contribution >= 0.6 is 11.6 Å². The molecule has 0 fully saturated rings. The lowest BCUT2D eigenvalue weighted by Gasteiger charge is -2.05. The number of halogens is 1. The Labute approximate surface area is 108 Å². The number of nitriles is 1. The van der Waals surface area contributed by atoms with Gasteiger partial charge >= 0.3 is 0 Å². The van der Waals surface area contributed by atoms with Gasteiger partial charge in [0.15, 0.2) is 10.8 Å². The summed E-state index contributed by atoms with van der Waals surface area (Å²) in [5.74, 6) is -0.443. The van der Waals surface area contributed by atoms with E-state index in [0.717, 1.165) is 0 Å². The van der Waals surface area contributed by atoms with Crippen LogP contribution in [-0.2, 0) is 0 Å². The number of carbonyl (C=O) groups is 1. The summed E-state index contributed by atoms with van der Waals surface area (Å²) in [7, 11) is 0. The Morgan fingerprint density at radius 1 is 1.22 bits per heavy atom. The first-order valence-corrected chi connectivity index (χ1v) is 5.38. The molecule has 1 aromatic carbocycles. The molecule has 0 radical (unpaired) electrons. The highest BCUT2D eigenvalue weighted by Gasteiger charge is 2.10. The second kappa shape index (κ2) is 5.25. The summed E-state index contributed by atoms with van der Waals surface area (Å²) in [4.78, 5) is 11.8. The minimum absolute atomic E-state index is 0.132. The molecule has 0 bridgehead atoms. The number of amides is 1. The molecular formula is C12H7ClN4O. The van der Waals surface area contributed by atoms with E-state index in [1.807, 2.05) is 6.07 Å². The van der Waals surface area contributed by atoms with Gasteiger partial charge in [-0.15, -0.1) is 10.2 Å². The molecule has 0 atom stereocenters. The third-order valence-corrected chi connectivity index (χ3v) is 2.36. The van der Waals surface area contributed by atoms with Gasteiger partial charge in [0.2, 0.25) is 0 Å². The van der Waals surface area contributed by atoms with Gasteiger partial charge in [-0.3, -0.25) is 4.79 Å². The zero-order chi connectivity index (χ0) is 13.0. The van der Waals surface area contributed by atoms with E-state index >= 15 is 0 Å². The van der Waals surface area contributed by atoms with Crippen molar-refractivity contribution in [2.24, 2.45) is 0 Å². The highest BCUT2D eigenvalue weighted by atomic mass is 35.5. The van der Waals surface area contributed by atoms with Gasteiger partial charge in [0.05, 0.1) is 11.3 Å². The van der Waals surface area contributed by atoms with Crippen LogP contribution in [-0.4, -0.2) is 16.1 Å². The summed E-state index contributed by atoms with van der Waals surface area (Å²) in [5, 5.41) is 18.9. The number of hydrogen-bond acceptors (Lipinski definition) is 4. The van der Waals surface area contributed by atoms with E-state index in [9.17, 15) is 4.79 Å². The van der Waals surface area contributed by atoms with E-state index in [0.29, 0.717) is 11.3 Å². The maximum absolute atomic E-state index is 11.8. The van der Waals surface area contributed by atoms with Crippen LogP contribution in [0.2, 0.25) is 5.15 Å². The maximum Gasteiger partial charge on any atom is 0.276 e. The van der Waals surface area contributed by atoms with Crippen molar-refractivity contribution in [1.82, 2.24) is 10.2 Å². The molecule has 0 unspecified atom stereocenters. The molecule has 6 heteroatoms. The minimum atomic E-state index is -0.443.